The molecule has 0 amide bonds. The van der Waals surface area contributed by atoms with E-state index in [1.165, 1.54) is 6.92 Å². The van der Waals surface area contributed by atoms with E-state index in [2.05, 4.69) is 11.5 Å². The molecule has 1 heterocycles. The highest BCUT2D eigenvalue weighted by Crippen LogP contribution is 2.82. The van der Waals surface area contributed by atoms with Gasteiger partial charge in [-0.1, -0.05) is 19.1 Å². The predicted octanol–water partition coefficient (Wildman–Crippen LogP) is 0.475. The number of hydrogen-bond donors (Lipinski definition) is 2. The van der Waals surface area contributed by atoms with Crippen molar-refractivity contribution < 1.29 is 29.3 Å². The number of ether oxygens (including phenoxy) is 1. The van der Waals surface area contributed by atoms with Crippen LogP contribution in [0.25, 0.3) is 0 Å². The number of aliphatic hydroxyl groups excluding tert-OH is 1. The summed E-state index contributed by atoms with van der Waals surface area (Å²) in [5.41, 5.74) is -3.36. The highest BCUT2D eigenvalue weighted by atomic mass is 16.5. The number of hydrogen-bond acceptors (Lipinski definition) is 7. The minimum absolute atomic E-state index is 0.00960. The van der Waals surface area contributed by atoms with Gasteiger partial charge in [0.25, 0.3) is 0 Å². The van der Waals surface area contributed by atoms with E-state index in [0.717, 1.165) is 5.57 Å². The van der Waals surface area contributed by atoms with E-state index in [4.69, 9.17) is 4.74 Å². The zero-order valence-electron chi connectivity index (χ0n) is 17.7. The minimum Gasteiger partial charge on any atom is -0.463 e. The lowest BCUT2D eigenvalue weighted by Gasteiger charge is -2.70. The molecule has 162 valence electrons. The van der Waals surface area contributed by atoms with Crippen LogP contribution in [-0.4, -0.2) is 70.1 Å². The average Bonchev–Trinajstić information content (AvgIpc) is 2.71. The van der Waals surface area contributed by atoms with E-state index in [1.54, 1.807) is 0 Å². The van der Waals surface area contributed by atoms with Crippen molar-refractivity contribution >= 4 is 17.5 Å². The van der Waals surface area contributed by atoms with Crippen LogP contribution in [0.3, 0.4) is 0 Å². The molecule has 1 aliphatic heterocycles. The lowest BCUT2D eigenvalue weighted by Crippen LogP contribution is -2.79. The molecule has 6 saturated carbocycles. The van der Waals surface area contributed by atoms with E-state index >= 15 is 0 Å². The average molecular weight is 415 g/mol. The van der Waals surface area contributed by atoms with E-state index < -0.39 is 51.8 Å². The number of rotatable bonds is 1. The van der Waals surface area contributed by atoms with Crippen LogP contribution in [-0.2, 0) is 19.1 Å². The van der Waals surface area contributed by atoms with Gasteiger partial charge in [-0.2, -0.15) is 0 Å². The van der Waals surface area contributed by atoms with Crippen molar-refractivity contribution in [1.29, 1.82) is 0 Å². The normalized spacial score (nSPS) is 58.2. The van der Waals surface area contributed by atoms with E-state index in [-0.39, 0.29) is 30.0 Å². The first kappa shape index (κ1) is 19.1. The number of esters is 1. The highest BCUT2D eigenvalue weighted by molar-refractivity contribution is 5.99. The topological polar surface area (TPSA) is 104 Å². The van der Waals surface area contributed by atoms with Gasteiger partial charge in [0.15, 0.2) is 5.78 Å². The standard InChI is InChI=1S/C23H29NO6/c1-10-5-21-14-15(26)13(10)8-23(21,29)22-7-12(30-11(2)25)6-20(3,9-24(4)18(14)22)17(22)16(27)19(21)28/h12-14,17-19,28-29H,1,5-9H2,2-4H3/t12-,13+,14-,17-,18-,19-,20+,21-,22-,23-/m0/s1. The smallest absolute Gasteiger partial charge is 0.302 e. The summed E-state index contributed by atoms with van der Waals surface area (Å²) < 4.78 is 5.68. The number of carbonyl (C=O) groups is 3. The van der Waals surface area contributed by atoms with Gasteiger partial charge in [-0.05, 0) is 38.1 Å². The Bertz CT molecular complexity index is 946. The van der Waals surface area contributed by atoms with Gasteiger partial charge in [0.05, 0.1) is 5.60 Å². The third-order valence-corrected chi connectivity index (χ3v) is 10.0. The zero-order chi connectivity index (χ0) is 21.6. The fourth-order valence-corrected chi connectivity index (χ4v) is 9.83. The number of piperidine rings is 1. The van der Waals surface area contributed by atoms with Gasteiger partial charge in [-0.3, -0.25) is 14.4 Å². The summed E-state index contributed by atoms with van der Waals surface area (Å²) in [7, 11) is 1.97. The molecule has 30 heavy (non-hydrogen) atoms. The molecule has 0 unspecified atom stereocenters. The SMILES string of the molecule is C=C1C[C@@]23[C@@H](O)C(=O)[C@H]4[C@]5(C)C[C@H](OC(C)=O)C[C@@]46[C@H]([C@@H]2C(=O)[C@@H]1C[C@]36O)N(C)C5. The molecule has 0 aromatic rings. The van der Waals surface area contributed by atoms with Crippen LogP contribution < -0.4 is 0 Å². The number of allylic oxidation sites excluding steroid dienone is 1. The molecule has 7 heteroatoms. The number of ketones is 2. The molecule has 2 N–H and O–H groups in total. The maximum absolute atomic E-state index is 13.8. The predicted molar refractivity (Wildman–Crippen MR) is 104 cm³/mol. The van der Waals surface area contributed by atoms with Crippen LogP contribution in [0.5, 0.6) is 0 Å². The van der Waals surface area contributed by atoms with Gasteiger partial charge in [0.2, 0.25) is 0 Å². The Morgan fingerprint density at radius 2 is 1.90 bits per heavy atom. The summed E-state index contributed by atoms with van der Waals surface area (Å²) in [6, 6.07) is -0.356. The van der Waals surface area contributed by atoms with E-state index in [0.29, 0.717) is 25.8 Å². The zero-order valence-corrected chi connectivity index (χ0v) is 17.7. The minimum atomic E-state index is -1.38. The van der Waals surface area contributed by atoms with E-state index in [1.807, 2.05) is 14.0 Å². The fourth-order valence-electron chi connectivity index (χ4n) is 9.83. The third-order valence-electron chi connectivity index (χ3n) is 10.0. The first-order chi connectivity index (χ1) is 13.9. The molecular weight excluding hydrogens is 386 g/mol. The molecule has 0 aromatic carbocycles. The lowest BCUT2D eigenvalue weighted by molar-refractivity contribution is -0.285. The Kier molecular flexibility index (Phi) is 3.24. The van der Waals surface area contributed by atoms with Crippen molar-refractivity contribution in [3.63, 3.8) is 0 Å². The molecule has 7 nitrogen and oxygen atoms in total. The Morgan fingerprint density at radius 1 is 1.20 bits per heavy atom. The van der Waals surface area contributed by atoms with Crippen molar-refractivity contribution in [1.82, 2.24) is 4.90 Å². The molecule has 2 spiro atoms. The van der Waals surface area contributed by atoms with Crippen molar-refractivity contribution in [2.75, 3.05) is 13.6 Å². The van der Waals surface area contributed by atoms with Crippen LogP contribution in [0.15, 0.2) is 12.2 Å². The Morgan fingerprint density at radius 3 is 2.57 bits per heavy atom. The Labute approximate surface area is 175 Å². The van der Waals surface area contributed by atoms with Gasteiger partial charge in [0, 0.05) is 48.1 Å². The van der Waals surface area contributed by atoms with Crippen molar-refractivity contribution in [3.8, 4) is 0 Å². The molecule has 7 fully saturated rings. The maximum atomic E-state index is 13.8. The maximum Gasteiger partial charge on any atom is 0.302 e. The molecule has 1 saturated heterocycles. The third kappa shape index (κ3) is 1.60. The van der Waals surface area contributed by atoms with Gasteiger partial charge < -0.3 is 19.8 Å². The second-order valence-electron chi connectivity index (χ2n) is 11.3. The van der Waals surface area contributed by atoms with E-state index in [9.17, 15) is 24.6 Å². The molecule has 10 atom stereocenters. The van der Waals surface area contributed by atoms with Crippen LogP contribution in [0, 0.1) is 34.0 Å². The molecule has 7 rings (SSSR count). The molecule has 7 aliphatic rings. The number of likely N-dealkylation sites (tertiary alicyclic amines) is 1. The van der Waals surface area contributed by atoms with Gasteiger partial charge in [0.1, 0.15) is 18.0 Å². The molecule has 0 radical (unpaired) electrons. The summed E-state index contributed by atoms with van der Waals surface area (Å²) >= 11 is 0. The number of nitrogens with zero attached hydrogens (tertiary/aromatic N) is 1. The molecule has 0 aromatic heterocycles. The summed E-state index contributed by atoms with van der Waals surface area (Å²) in [5, 5.41) is 24.0. The van der Waals surface area contributed by atoms with Crippen molar-refractivity contribution in [2.24, 2.45) is 34.0 Å². The summed E-state index contributed by atoms with van der Waals surface area (Å²) in [6.07, 6.45) is -0.442. The van der Waals surface area contributed by atoms with Crippen LogP contribution in [0.2, 0.25) is 0 Å². The van der Waals surface area contributed by atoms with Crippen LogP contribution in [0.4, 0.5) is 0 Å². The number of aliphatic hydroxyl groups is 2. The van der Waals surface area contributed by atoms with Crippen LogP contribution in [0.1, 0.15) is 39.5 Å². The lowest BCUT2D eigenvalue weighted by atomic mass is 9.36. The monoisotopic (exact) mass is 415 g/mol. The summed E-state index contributed by atoms with van der Waals surface area (Å²) in [6.45, 7) is 8.04. The van der Waals surface area contributed by atoms with Gasteiger partial charge in [-0.15, -0.1) is 0 Å². The largest absolute Gasteiger partial charge is 0.463 e. The highest BCUT2D eigenvalue weighted by Gasteiger charge is 2.92. The first-order valence-electron chi connectivity index (χ1n) is 11.0. The molecule has 6 aliphatic carbocycles. The number of Topliss-reactive ketones (excluding diaryl/α,β-unsaturated/α-hetero) is 2. The van der Waals surface area contributed by atoms with Crippen molar-refractivity contribution in [2.45, 2.75) is 63.4 Å². The number of fused-ring (bicyclic) bond motifs is 1. The Hall–Kier alpha value is -1.57. The van der Waals surface area contributed by atoms with Crippen molar-refractivity contribution in [3.05, 3.63) is 12.2 Å². The second-order valence-corrected chi connectivity index (χ2v) is 11.3. The Balaban J connectivity index is 1.67. The first-order valence-corrected chi connectivity index (χ1v) is 11.0. The molecule has 6 bridgehead atoms. The second kappa shape index (κ2) is 5.08. The van der Waals surface area contributed by atoms with Crippen LogP contribution >= 0.6 is 0 Å². The summed E-state index contributed by atoms with van der Waals surface area (Å²) in [5.74, 6) is -2.22. The van der Waals surface area contributed by atoms with Gasteiger partial charge >= 0.3 is 5.97 Å². The fraction of sp³-hybridized carbons (Fsp3) is 0.783. The summed E-state index contributed by atoms with van der Waals surface area (Å²) in [4.78, 5) is 41.4. The van der Waals surface area contributed by atoms with Gasteiger partial charge in [-0.25, -0.2) is 0 Å². The molecular formula is C23H29NO6. The number of carbonyl (C=O) groups excluding carboxylic acids is 3. The quantitative estimate of drug-likeness (QED) is 0.474.